The zero-order valence-electron chi connectivity index (χ0n) is 14.5. The van der Waals surface area contributed by atoms with E-state index in [2.05, 4.69) is 11.9 Å². The Labute approximate surface area is 162 Å². The number of nitrogens with zero attached hydrogens (tertiary/aromatic N) is 2. The molecule has 0 unspecified atom stereocenters. The van der Waals surface area contributed by atoms with E-state index in [4.69, 9.17) is 0 Å². The minimum atomic E-state index is -4.42. The van der Waals surface area contributed by atoms with Crippen molar-refractivity contribution in [1.82, 2.24) is 9.55 Å². The molecule has 0 amide bonds. The second-order valence-corrected chi connectivity index (χ2v) is 8.24. The lowest BCUT2D eigenvalue weighted by Gasteiger charge is -2.14. The molecule has 27 heavy (non-hydrogen) atoms. The van der Waals surface area contributed by atoms with Crippen LogP contribution in [0.2, 0.25) is 0 Å². The van der Waals surface area contributed by atoms with Gasteiger partial charge >= 0.3 is 6.18 Å². The average Bonchev–Trinajstić information content (AvgIpc) is 2.65. The number of hydrogen-bond donors (Lipinski definition) is 0. The highest BCUT2D eigenvalue weighted by Gasteiger charge is 2.30. The number of alkyl halides is 3. The summed E-state index contributed by atoms with van der Waals surface area (Å²) in [6.45, 7) is 2.09. The first-order valence-electron chi connectivity index (χ1n) is 8.40. The molecule has 0 aliphatic carbocycles. The van der Waals surface area contributed by atoms with Crippen LogP contribution < -0.4 is 5.56 Å². The van der Waals surface area contributed by atoms with Crippen LogP contribution in [-0.2, 0) is 6.18 Å². The predicted octanol–water partition coefficient (Wildman–Crippen LogP) is 5.94. The molecular formula is C19H17F3N2OS2. The lowest BCUT2D eigenvalue weighted by molar-refractivity contribution is -0.137. The summed E-state index contributed by atoms with van der Waals surface area (Å²) >= 11 is 0. The van der Waals surface area contributed by atoms with Crippen LogP contribution in [-0.4, -0.2) is 15.3 Å². The van der Waals surface area contributed by atoms with Crippen LogP contribution >= 0.6 is 21.6 Å². The van der Waals surface area contributed by atoms with E-state index in [9.17, 15) is 18.0 Å². The number of hydrogen-bond acceptors (Lipinski definition) is 4. The predicted molar refractivity (Wildman–Crippen MR) is 106 cm³/mol. The quantitative estimate of drug-likeness (QED) is 0.286. The normalized spacial score (nSPS) is 11.9. The fourth-order valence-electron chi connectivity index (χ4n) is 2.49. The van der Waals surface area contributed by atoms with Gasteiger partial charge in [0.25, 0.3) is 5.56 Å². The molecule has 0 bridgehead atoms. The minimum absolute atomic E-state index is 0.293. The van der Waals surface area contributed by atoms with E-state index in [1.807, 2.05) is 0 Å². The maximum atomic E-state index is 13.0. The van der Waals surface area contributed by atoms with E-state index in [1.165, 1.54) is 27.5 Å². The summed E-state index contributed by atoms with van der Waals surface area (Å²) in [6, 6.07) is 11.5. The molecule has 0 spiro atoms. The molecule has 3 aromatic rings. The van der Waals surface area contributed by atoms with Crippen molar-refractivity contribution in [2.75, 3.05) is 5.75 Å². The summed E-state index contributed by atoms with van der Waals surface area (Å²) in [5.74, 6) is 0.900. The molecule has 0 saturated carbocycles. The Bertz CT molecular complexity index is 985. The lowest BCUT2D eigenvalue weighted by atomic mass is 10.2. The Hall–Kier alpha value is -1.93. The molecule has 8 heteroatoms. The molecule has 0 atom stereocenters. The van der Waals surface area contributed by atoms with Crippen LogP contribution in [0.15, 0.2) is 58.5 Å². The van der Waals surface area contributed by atoms with Crippen molar-refractivity contribution in [1.29, 1.82) is 0 Å². The third kappa shape index (κ3) is 4.50. The minimum Gasteiger partial charge on any atom is -0.268 e. The second-order valence-electron chi connectivity index (χ2n) is 5.86. The van der Waals surface area contributed by atoms with Gasteiger partial charge in [-0.15, -0.1) is 0 Å². The van der Waals surface area contributed by atoms with Crippen molar-refractivity contribution >= 4 is 32.5 Å². The number of rotatable bonds is 6. The fraction of sp³-hybridized carbons (Fsp3) is 0.263. The second kappa shape index (κ2) is 8.39. The molecule has 2 aromatic carbocycles. The standard InChI is InChI=1S/C19H17F3N2OS2/c1-2-3-12-26-27-18-23-16-7-5-4-6-15(16)17(25)24(18)14-10-8-13(9-11-14)19(20,21)22/h4-11H,2-3,12H2,1H3. The third-order valence-corrected chi connectivity index (χ3v) is 6.21. The highest BCUT2D eigenvalue weighted by Crippen LogP contribution is 2.33. The molecule has 3 rings (SSSR count). The third-order valence-electron chi connectivity index (χ3n) is 3.91. The molecule has 3 nitrogen and oxygen atoms in total. The monoisotopic (exact) mass is 410 g/mol. The van der Waals surface area contributed by atoms with Gasteiger partial charge in [-0.05, 0) is 53.6 Å². The van der Waals surface area contributed by atoms with Crippen LogP contribution in [0.25, 0.3) is 16.6 Å². The molecule has 1 aromatic heterocycles. The number of halogens is 3. The van der Waals surface area contributed by atoms with E-state index in [1.54, 1.807) is 35.1 Å². The van der Waals surface area contributed by atoms with Gasteiger partial charge < -0.3 is 0 Å². The fourth-order valence-corrected chi connectivity index (χ4v) is 4.74. The van der Waals surface area contributed by atoms with Gasteiger partial charge in [-0.2, -0.15) is 13.2 Å². The van der Waals surface area contributed by atoms with Crippen LogP contribution in [0, 0.1) is 0 Å². The summed E-state index contributed by atoms with van der Waals surface area (Å²) < 4.78 is 39.9. The first kappa shape index (κ1) is 19.8. The Morgan fingerprint density at radius 3 is 2.44 bits per heavy atom. The summed E-state index contributed by atoms with van der Waals surface area (Å²) in [5, 5.41) is 0.889. The first-order chi connectivity index (χ1) is 12.9. The van der Waals surface area contributed by atoms with E-state index >= 15 is 0 Å². The van der Waals surface area contributed by atoms with Gasteiger partial charge in [-0.25, -0.2) is 4.98 Å². The highest BCUT2D eigenvalue weighted by atomic mass is 33.1. The number of fused-ring (bicyclic) bond motifs is 1. The number of unbranched alkanes of at least 4 members (excludes halogenated alkanes) is 1. The first-order valence-corrected chi connectivity index (χ1v) is 10.7. The molecule has 0 saturated heterocycles. The zero-order chi connectivity index (χ0) is 19.4. The number of benzene rings is 2. The molecule has 1 heterocycles. The molecule has 142 valence electrons. The number of aromatic nitrogens is 2. The zero-order valence-corrected chi connectivity index (χ0v) is 16.1. The van der Waals surface area contributed by atoms with Gasteiger partial charge in [-0.3, -0.25) is 9.36 Å². The van der Waals surface area contributed by atoms with Crippen molar-refractivity contribution in [3.63, 3.8) is 0 Å². The molecule has 0 aliphatic rings. The number of para-hydroxylation sites is 1. The Morgan fingerprint density at radius 2 is 1.78 bits per heavy atom. The topological polar surface area (TPSA) is 34.9 Å². The van der Waals surface area contributed by atoms with Crippen molar-refractivity contribution in [2.24, 2.45) is 0 Å². The summed E-state index contributed by atoms with van der Waals surface area (Å²) in [6.07, 6.45) is -2.32. The van der Waals surface area contributed by atoms with E-state index in [0.717, 1.165) is 30.7 Å². The Morgan fingerprint density at radius 1 is 1.07 bits per heavy atom. The van der Waals surface area contributed by atoms with Gasteiger partial charge in [-0.1, -0.05) is 36.3 Å². The van der Waals surface area contributed by atoms with Crippen molar-refractivity contribution in [3.8, 4) is 5.69 Å². The van der Waals surface area contributed by atoms with E-state index in [0.29, 0.717) is 21.7 Å². The van der Waals surface area contributed by atoms with Crippen molar-refractivity contribution in [2.45, 2.75) is 31.1 Å². The lowest BCUT2D eigenvalue weighted by Crippen LogP contribution is -2.21. The molecule has 0 N–H and O–H groups in total. The SMILES string of the molecule is CCCCSSc1nc2ccccc2c(=O)n1-c1ccc(C(F)(F)F)cc1. The van der Waals surface area contributed by atoms with Gasteiger partial charge in [0.15, 0.2) is 5.16 Å². The van der Waals surface area contributed by atoms with E-state index < -0.39 is 11.7 Å². The highest BCUT2D eigenvalue weighted by molar-refractivity contribution is 8.76. The summed E-state index contributed by atoms with van der Waals surface area (Å²) in [7, 11) is 2.95. The van der Waals surface area contributed by atoms with E-state index in [-0.39, 0.29) is 5.56 Å². The van der Waals surface area contributed by atoms with Crippen LogP contribution in [0.3, 0.4) is 0 Å². The van der Waals surface area contributed by atoms with Crippen LogP contribution in [0.1, 0.15) is 25.3 Å². The molecular weight excluding hydrogens is 393 g/mol. The van der Waals surface area contributed by atoms with Crippen LogP contribution in [0.5, 0.6) is 0 Å². The van der Waals surface area contributed by atoms with Gasteiger partial charge in [0.05, 0.1) is 22.2 Å². The molecule has 0 fully saturated rings. The van der Waals surface area contributed by atoms with Gasteiger partial charge in [0.1, 0.15) is 0 Å². The smallest absolute Gasteiger partial charge is 0.268 e. The average molecular weight is 410 g/mol. The maximum absolute atomic E-state index is 13.0. The van der Waals surface area contributed by atoms with Gasteiger partial charge in [0.2, 0.25) is 0 Å². The van der Waals surface area contributed by atoms with Gasteiger partial charge in [0, 0.05) is 5.75 Å². The van der Waals surface area contributed by atoms with Crippen molar-refractivity contribution < 1.29 is 13.2 Å². The molecule has 0 radical (unpaired) electrons. The van der Waals surface area contributed by atoms with Crippen molar-refractivity contribution in [3.05, 3.63) is 64.4 Å². The summed E-state index contributed by atoms with van der Waals surface area (Å²) in [4.78, 5) is 17.6. The Kier molecular flexibility index (Phi) is 6.16. The van der Waals surface area contributed by atoms with Crippen LogP contribution in [0.4, 0.5) is 13.2 Å². The molecule has 0 aliphatic heterocycles. The summed E-state index contributed by atoms with van der Waals surface area (Å²) in [5.41, 5.74) is -0.104. The Balaban J connectivity index is 2.08. The largest absolute Gasteiger partial charge is 0.416 e. The maximum Gasteiger partial charge on any atom is 0.416 e.